The number of anilines is 2. The van der Waals surface area contributed by atoms with Crippen LogP contribution < -0.4 is 21.3 Å². The van der Waals surface area contributed by atoms with Gasteiger partial charge in [0, 0.05) is 62.1 Å². The lowest BCUT2D eigenvalue weighted by Gasteiger charge is -2.27. The number of rotatable bonds is 14. The first kappa shape index (κ1) is 25.5. The zero-order chi connectivity index (χ0) is 24.3. The first-order valence-corrected chi connectivity index (χ1v) is 11.9. The number of nitrogens with one attached hydrogen (secondary N) is 4. The molecule has 0 saturated carbocycles. The summed E-state index contributed by atoms with van der Waals surface area (Å²) in [7, 11) is 1.69. The van der Waals surface area contributed by atoms with Gasteiger partial charge in [0.1, 0.15) is 0 Å². The van der Waals surface area contributed by atoms with E-state index in [9.17, 15) is 9.59 Å². The molecule has 1 fully saturated rings. The highest BCUT2D eigenvalue weighted by Crippen LogP contribution is 2.29. The maximum absolute atomic E-state index is 12.7. The Morgan fingerprint density at radius 1 is 1.29 bits per heavy atom. The smallest absolute Gasteiger partial charge is 0.251 e. The summed E-state index contributed by atoms with van der Waals surface area (Å²) in [6.07, 6.45) is 8.12. The van der Waals surface area contributed by atoms with Crippen LogP contribution in [0.15, 0.2) is 36.3 Å². The zero-order valence-corrected chi connectivity index (χ0v) is 20.3. The van der Waals surface area contributed by atoms with E-state index in [1.807, 2.05) is 30.1 Å². The summed E-state index contributed by atoms with van der Waals surface area (Å²) >= 11 is 0. The molecule has 2 amide bonds. The van der Waals surface area contributed by atoms with Crippen LogP contribution >= 0.6 is 0 Å². The lowest BCUT2D eigenvalue weighted by molar-refractivity contribution is -0.105. The summed E-state index contributed by atoms with van der Waals surface area (Å²) in [4.78, 5) is 23.9. The average molecular weight is 469 g/mol. The number of amides is 2. The standard InChI is InChI=1S/C25H36N6O3/c1-4-23(30-20-13-29-31(16-20)21-14-26-15-21)18(2)22-12-19(8-9-24(22)28-17-32)25(33)27-10-6-5-7-11-34-3/h8-9,12-13,16-17,21,26,30H,4-7,10-11,14-15H2,1-3H3,(H,27,33)(H,28,32)/b23-18+. The van der Waals surface area contributed by atoms with Crippen LogP contribution in [-0.4, -0.2) is 55.4 Å². The maximum atomic E-state index is 12.7. The minimum atomic E-state index is -0.125. The van der Waals surface area contributed by atoms with Crippen LogP contribution in [0, 0.1) is 0 Å². The predicted octanol–water partition coefficient (Wildman–Crippen LogP) is 3.40. The summed E-state index contributed by atoms with van der Waals surface area (Å²) < 4.78 is 7.03. The minimum Gasteiger partial charge on any atom is -0.385 e. The van der Waals surface area contributed by atoms with Gasteiger partial charge in [0.2, 0.25) is 6.41 Å². The van der Waals surface area contributed by atoms with Crippen molar-refractivity contribution in [2.75, 3.05) is 44.0 Å². The van der Waals surface area contributed by atoms with Crippen LogP contribution in [0.4, 0.5) is 11.4 Å². The molecule has 1 aromatic carbocycles. The van der Waals surface area contributed by atoms with Crippen molar-refractivity contribution in [3.63, 3.8) is 0 Å². The second kappa shape index (κ2) is 12.9. The number of aromatic nitrogens is 2. The fraction of sp³-hybridized carbons (Fsp3) is 0.480. The quantitative estimate of drug-likeness (QED) is 0.250. The molecule has 0 bridgehead atoms. The van der Waals surface area contributed by atoms with Crippen molar-refractivity contribution >= 4 is 29.3 Å². The number of carbonyl (C=O) groups is 2. The Morgan fingerprint density at radius 2 is 2.12 bits per heavy atom. The molecule has 0 spiro atoms. The molecule has 184 valence electrons. The maximum Gasteiger partial charge on any atom is 0.251 e. The number of hydrogen-bond donors (Lipinski definition) is 4. The van der Waals surface area contributed by atoms with Crippen LogP contribution in [0.3, 0.4) is 0 Å². The molecule has 2 aromatic rings. The van der Waals surface area contributed by atoms with E-state index < -0.39 is 0 Å². The molecule has 4 N–H and O–H groups in total. The molecule has 9 nitrogen and oxygen atoms in total. The van der Waals surface area contributed by atoms with Gasteiger partial charge in [-0.2, -0.15) is 5.10 Å². The summed E-state index contributed by atoms with van der Waals surface area (Å²) in [5.41, 5.74) is 4.89. The molecule has 34 heavy (non-hydrogen) atoms. The minimum absolute atomic E-state index is 0.125. The molecule has 1 saturated heterocycles. The predicted molar refractivity (Wildman–Crippen MR) is 135 cm³/mol. The molecule has 1 aliphatic heterocycles. The van der Waals surface area contributed by atoms with Gasteiger partial charge >= 0.3 is 0 Å². The van der Waals surface area contributed by atoms with Crippen molar-refractivity contribution in [1.29, 1.82) is 0 Å². The molecule has 0 atom stereocenters. The van der Waals surface area contributed by atoms with Crippen LogP contribution in [0.5, 0.6) is 0 Å². The van der Waals surface area contributed by atoms with Gasteiger partial charge in [-0.1, -0.05) is 6.92 Å². The first-order chi connectivity index (χ1) is 16.6. The molecule has 0 unspecified atom stereocenters. The van der Waals surface area contributed by atoms with Crippen molar-refractivity contribution in [1.82, 2.24) is 20.4 Å². The lowest BCUT2D eigenvalue weighted by atomic mass is 9.99. The number of hydrogen-bond acceptors (Lipinski definition) is 6. The Balaban J connectivity index is 1.75. The van der Waals surface area contributed by atoms with Gasteiger partial charge < -0.3 is 26.0 Å². The number of nitrogens with zero attached hydrogens (tertiary/aromatic N) is 2. The van der Waals surface area contributed by atoms with Crippen molar-refractivity contribution in [3.05, 3.63) is 47.4 Å². The fourth-order valence-electron chi connectivity index (χ4n) is 3.88. The van der Waals surface area contributed by atoms with E-state index >= 15 is 0 Å². The largest absolute Gasteiger partial charge is 0.385 e. The van der Waals surface area contributed by atoms with E-state index in [1.165, 1.54) is 0 Å². The van der Waals surface area contributed by atoms with E-state index in [1.54, 1.807) is 19.2 Å². The Bertz CT molecular complexity index is 996. The molecule has 1 aromatic heterocycles. The summed E-state index contributed by atoms with van der Waals surface area (Å²) in [6.45, 7) is 7.27. The van der Waals surface area contributed by atoms with Crippen molar-refractivity contribution in [2.45, 2.75) is 45.6 Å². The van der Waals surface area contributed by atoms with Gasteiger partial charge in [0.05, 0.1) is 17.9 Å². The number of unbranched alkanes of at least 4 members (excludes halogenated alkanes) is 2. The fourth-order valence-corrected chi connectivity index (χ4v) is 3.88. The molecule has 0 radical (unpaired) electrons. The van der Waals surface area contributed by atoms with Crippen molar-refractivity contribution < 1.29 is 14.3 Å². The van der Waals surface area contributed by atoms with E-state index in [4.69, 9.17) is 4.74 Å². The highest BCUT2D eigenvalue weighted by molar-refractivity contribution is 5.97. The number of allylic oxidation sites excluding steroid dienone is 2. The Hall–Kier alpha value is -3.17. The van der Waals surface area contributed by atoms with Crippen LogP contribution in [0.2, 0.25) is 0 Å². The Morgan fingerprint density at radius 3 is 2.79 bits per heavy atom. The van der Waals surface area contributed by atoms with Crippen molar-refractivity contribution in [2.24, 2.45) is 0 Å². The third-order valence-electron chi connectivity index (χ3n) is 6.05. The highest BCUT2D eigenvalue weighted by Gasteiger charge is 2.20. The Kier molecular flexibility index (Phi) is 9.66. The van der Waals surface area contributed by atoms with Gasteiger partial charge in [-0.05, 0) is 56.4 Å². The summed E-state index contributed by atoms with van der Waals surface area (Å²) in [5, 5.41) is 16.9. The monoisotopic (exact) mass is 468 g/mol. The Labute approximate surface area is 201 Å². The number of ether oxygens (including phenoxy) is 1. The lowest BCUT2D eigenvalue weighted by Crippen LogP contribution is -2.43. The van der Waals surface area contributed by atoms with E-state index in [0.29, 0.717) is 30.2 Å². The average Bonchev–Trinajstić information content (AvgIpc) is 3.26. The molecule has 2 heterocycles. The van der Waals surface area contributed by atoms with Crippen LogP contribution in [0.1, 0.15) is 61.5 Å². The van der Waals surface area contributed by atoms with Crippen LogP contribution in [0.25, 0.3) is 5.57 Å². The molecule has 3 rings (SSSR count). The third-order valence-corrected chi connectivity index (χ3v) is 6.05. The summed E-state index contributed by atoms with van der Waals surface area (Å²) in [5.74, 6) is -0.125. The van der Waals surface area contributed by atoms with E-state index in [0.717, 1.165) is 67.9 Å². The number of methoxy groups -OCH3 is 1. The van der Waals surface area contributed by atoms with E-state index in [-0.39, 0.29) is 5.91 Å². The second-order valence-electron chi connectivity index (χ2n) is 8.44. The third kappa shape index (κ3) is 6.68. The summed E-state index contributed by atoms with van der Waals surface area (Å²) in [6, 6.07) is 5.74. The molecular weight excluding hydrogens is 432 g/mol. The van der Waals surface area contributed by atoms with Gasteiger partial charge in [-0.15, -0.1) is 0 Å². The normalized spacial score (nSPS) is 14.2. The zero-order valence-electron chi connectivity index (χ0n) is 20.3. The van der Waals surface area contributed by atoms with Gasteiger partial charge in [-0.3, -0.25) is 14.3 Å². The van der Waals surface area contributed by atoms with E-state index in [2.05, 4.69) is 33.3 Å². The topological polar surface area (TPSA) is 109 Å². The van der Waals surface area contributed by atoms with Gasteiger partial charge in [0.15, 0.2) is 0 Å². The molecule has 1 aliphatic rings. The molecule has 0 aliphatic carbocycles. The second-order valence-corrected chi connectivity index (χ2v) is 8.44. The SMILES string of the molecule is CC/C(Nc1cnn(C2CNC2)c1)=C(/C)c1cc(C(=O)NCCCCCOC)ccc1NC=O. The van der Waals surface area contributed by atoms with Crippen molar-refractivity contribution in [3.8, 4) is 0 Å². The number of carbonyl (C=O) groups excluding carboxylic acids is 2. The highest BCUT2D eigenvalue weighted by atomic mass is 16.5. The number of benzene rings is 1. The first-order valence-electron chi connectivity index (χ1n) is 11.9. The molecular formula is C25H36N6O3. The molecule has 9 heteroatoms. The van der Waals surface area contributed by atoms with Gasteiger partial charge in [-0.25, -0.2) is 0 Å². The van der Waals surface area contributed by atoms with Gasteiger partial charge in [0.25, 0.3) is 5.91 Å². The van der Waals surface area contributed by atoms with Crippen LogP contribution in [-0.2, 0) is 9.53 Å².